The van der Waals surface area contributed by atoms with E-state index in [4.69, 9.17) is 8.83 Å². The van der Waals surface area contributed by atoms with Crippen molar-refractivity contribution in [2.45, 2.75) is 19.3 Å². The van der Waals surface area contributed by atoms with Crippen molar-refractivity contribution in [3.8, 4) is 33.4 Å². The SMILES string of the molecule is CC1(C)c2cc(N(c3ccc(-c4ccccc4)cc3)c3cccc4c3oc3ccccc34)c3ccccc3c2-c2c1c1ccc(N(c3ccc(-c4ccccc4)cc3)c3cccc4c3oc3ccccc34)cc1c1ccccc21. The summed E-state index contributed by atoms with van der Waals surface area (Å²) in [7, 11) is 0. The summed E-state index contributed by atoms with van der Waals surface area (Å²) in [6.45, 7) is 4.86. The van der Waals surface area contributed by atoms with Crippen LogP contribution in [0.4, 0.5) is 34.1 Å². The summed E-state index contributed by atoms with van der Waals surface area (Å²) in [5.74, 6) is 0. The minimum Gasteiger partial charge on any atom is -0.454 e. The molecule has 0 bridgehead atoms. The monoisotopic (exact) mass is 1010 g/mol. The fourth-order valence-corrected chi connectivity index (χ4v) is 13.2. The van der Waals surface area contributed by atoms with Gasteiger partial charge in [0, 0.05) is 49.4 Å². The Morgan fingerprint density at radius 2 is 0.709 bits per heavy atom. The van der Waals surface area contributed by atoms with Gasteiger partial charge in [0.25, 0.3) is 0 Å². The van der Waals surface area contributed by atoms with Gasteiger partial charge in [-0.15, -0.1) is 0 Å². The van der Waals surface area contributed by atoms with Crippen LogP contribution >= 0.6 is 0 Å². The van der Waals surface area contributed by atoms with Gasteiger partial charge in [-0.1, -0.05) is 214 Å². The van der Waals surface area contributed by atoms with Crippen molar-refractivity contribution in [3.63, 3.8) is 0 Å². The van der Waals surface area contributed by atoms with Crippen LogP contribution in [0.5, 0.6) is 0 Å². The second-order valence-corrected chi connectivity index (χ2v) is 21.5. The molecule has 0 unspecified atom stereocenters. The van der Waals surface area contributed by atoms with E-state index in [0.717, 1.165) is 78.0 Å². The smallest absolute Gasteiger partial charge is 0.159 e. The zero-order valence-corrected chi connectivity index (χ0v) is 43.6. The average molecular weight is 1010 g/mol. The number of fused-ring (bicyclic) bond motifs is 16. The van der Waals surface area contributed by atoms with Crippen LogP contribution in [0, 0.1) is 0 Å². The fourth-order valence-electron chi connectivity index (χ4n) is 13.2. The predicted octanol–water partition coefficient (Wildman–Crippen LogP) is 21.5. The van der Waals surface area contributed by atoms with E-state index in [9.17, 15) is 0 Å². The van der Waals surface area contributed by atoms with Gasteiger partial charge in [-0.2, -0.15) is 0 Å². The molecule has 0 saturated heterocycles. The largest absolute Gasteiger partial charge is 0.454 e. The maximum Gasteiger partial charge on any atom is 0.159 e. The molecule has 2 heterocycles. The van der Waals surface area contributed by atoms with Crippen LogP contribution in [0.25, 0.3) is 110 Å². The molecular weight excluding hydrogens is 961 g/mol. The molecule has 15 aromatic rings. The lowest BCUT2D eigenvalue weighted by Gasteiger charge is -2.30. The van der Waals surface area contributed by atoms with E-state index in [1.54, 1.807) is 0 Å². The Kier molecular flexibility index (Phi) is 9.95. The fraction of sp³-hybridized carbons (Fsp3) is 0.0400. The van der Waals surface area contributed by atoms with Crippen LogP contribution in [0.3, 0.4) is 0 Å². The molecule has 0 aliphatic heterocycles. The molecule has 2 aromatic heterocycles. The summed E-state index contributed by atoms with van der Waals surface area (Å²) in [5, 5.41) is 11.7. The molecule has 1 aliphatic carbocycles. The van der Waals surface area contributed by atoms with Crippen molar-refractivity contribution in [3.05, 3.63) is 278 Å². The molecule has 0 N–H and O–H groups in total. The van der Waals surface area contributed by atoms with E-state index < -0.39 is 5.41 Å². The molecule has 372 valence electrons. The number of rotatable bonds is 8. The molecule has 16 rings (SSSR count). The second kappa shape index (κ2) is 17.4. The van der Waals surface area contributed by atoms with Crippen LogP contribution < -0.4 is 9.80 Å². The van der Waals surface area contributed by atoms with E-state index in [2.05, 4.69) is 285 Å². The lowest BCUT2D eigenvalue weighted by atomic mass is 9.79. The Labute approximate surface area is 457 Å². The highest BCUT2D eigenvalue weighted by Crippen LogP contribution is 2.59. The molecule has 0 saturated carbocycles. The minimum absolute atomic E-state index is 0.422. The standard InChI is InChI=1S/C75H50N2O2/c1-75(2)64-46-67(77(52-41-37-50(38-42-52)48-21-7-4-8-22-48)66-32-18-30-62-57-26-14-16-34-69(57)79-74(62)66)55-24-10-12-28-59(55)70(64)71-58-27-11-9-23-54(58)63-45-53(43-44-60(63)72(71)75)76(51-39-35-49(36-40-51)47-19-5-3-6-20-47)65-31-17-29-61-56-25-13-15-33-68(56)78-73(61)65/h3-46H,1-2H3. The van der Waals surface area contributed by atoms with Crippen LogP contribution in [0.1, 0.15) is 25.0 Å². The van der Waals surface area contributed by atoms with Gasteiger partial charge in [-0.3, -0.25) is 0 Å². The van der Waals surface area contributed by atoms with Crippen LogP contribution in [-0.2, 0) is 5.41 Å². The lowest BCUT2D eigenvalue weighted by molar-refractivity contribution is 0.666. The van der Waals surface area contributed by atoms with Gasteiger partial charge in [0.2, 0.25) is 0 Å². The van der Waals surface area contributed by atoms with E-state index in [0.29, 0.717) is 0 Å². The summed E-state index contributed by atoms with van der Waals surface area (Å²) in [5.41, 5.74) is 19.2. The van der Waals surface area contributed by atoms with Crippen molar-refractivity contribution >= 4 is 110 Å². The molecule has 0 radical (unpaired) electrons. The van der Waals surface area contributed by atoms with Crippen LogP contribution in [0.15, 0.2) is 276 Å². The first-order valence-corrected chi connectivity index (χ1v) is 27.2. The van der Waals surface area contributed by atoms with E-state index in [-0.39, 0.29) is 0 Å². The number of hydrogen-bond acceptors (Lipinski definition) is 4. The number of para-hydroxylation sites is 4. The molecule has 13 aromatic carbocycles. The van der Waals surface area contributed by atoms with Gasteiger partial charge >= 0.3 is 0 Å². The Morgan fingerprint density at radius 1 is 0.278 bits per heavy atom. The molecule has 0 atom stereocenters. The van der Waals surface area contributed by atoms with Crippen molar-refractivity contribution in [1.29, 1.82) is 0 Å². The van der Waals surface area contributed by atoms with Gasteiger partial charge in [0.15, 0.2) is 11.2 Å². The van der Waals surface area contributed by atoms with Crippen LogP contribution in [0.2, 0.25) is 0 Å². The third kappa shape index (κ3) is 6.87. The van der Waals surface area contributed by atoms with Crippen molar-refractivity contribution in [1.82, 2.24) is 0 Å². The van der Waals surface area contributed by atoms with Crippen molar-refractivity contribution < 1.29 is 8.83 Å². The lowest BCUT2D eigenvalue weighted by Crippen LogP contribution is -2.17. The average Bonchev–Trinajstić information content (AvgIpc) is 4.36. The van der Waals surface area contributed by atoms with Gasteiger partial charge in [-0.05, 0) is 138 Å². The molecular formula is C75H50N2O2. The van der Waals surface area contributed by atoms with E-state index in [1.807, 2.05) is 6.07 Å². The summed E-state index contributed by atoms with van der Waals surface area (Å²) in [6, 6.07) is 96.7. The third-order valence-corrected chi connectivity index (χ3v) is 16.8. The number of anilines is 6. The van der Waals surface area contributed by atoms with Gasteiger partial charge in [0.1, 0.15) is 11.2 Å². The van der Waals surface area contributed by atoms with Gasteiger partial charge in [0.05, 0.1) is 17.1 Å². The maximum atomic E-state index is 6.88. The Bertz CT molecular complexity index is 4920. The molecule has 0 amide bonds. The first-order valence-electron chi connectivity index (χ1n) is 27.2. The summed E-state index contributed by atoms with van der Waals surface area (Å²) in [6.07, 6.45) is 0. The zero-order valence-electron chi connectivity index (χ0n) is 43.6. The molecule has 79 heavy (non-hydrogen) atoms. The molecule has 4 nitrogen and oxygen atoms in total. The van der Waals surface area contributed by atoms with Gasteiger partial charge < -0.3 is 18.6 Å². The topological polar surface area (TPSA) is 32.8 Å². The quantitative estimate of drug-likeness (QED) is 0.142. The Hall–Kier alpha value is -10.2. The molecule has 4 heteroatoms. The molecule has 0 fully saturated rings. The Balaban J connectivity index is 0.919. The normalized spacial score (nSPS) is 12.8. The third-order valence-electron chi connectivity index (χ3n) is 16.8. The highest BCUT2D eigenvalue weighted by molar-refractivity contribution is 6.24. The van der Waals surface area contributed by atoms with E-state index in [1.165, 1.54) is 76.8 Å². The maximum absolute atomic E-state index is 6.88. The number of benzene rings is 13. The minimum atomic E-state index is -0.422. The van der Waals surface area contributed by atoms with E-state index >= 15 is 0 Å². The first-order chi connectivity index (χ1) is 39.0. The highest BCUT2D eigenvalue weighted by Gasteiger charge is 2.41. The number of nitrogens with zero attached hydrogens (tertiary/aromatic N) is 2. The second-order valence-electron chi connectivity index (χ2n) is 21.5. The summed E-state index contributed by atoms with van der Waals surface area (Å²) < 4.78 is 13.7. The molecule has 1 aliphatic rings. The highest BCUT2D eigenvalue weighted by atomic mass is 16.3. The Morgan fingerprint density at radius 3 is 1.28 bits per heavy atom. The summed E-state index contributed by atoms with van der Waals surface area (Å²) in [4.78, 5) is 4.82. The number of furan rings is 2. The predicted molar refractivity (Wildman–Crippen MR) is 331 cm³/mol. The first kappa shape index (κ1) is 45.1. The van der Waals surface area contributed by atoms with Crippen LogP contribution in [-0.4, -0.2) is 0 Å². The zero-order chi connectivity index (χ0) is 52.3. The van der Waals surface area contributed by atoms with Crippen molar-refractivity contribution in [2.75, 3.05) is 9.80 Å². The summed E-state index contributed by atoms with van der Waals surface area (Å²) >= 11 is 0. The van der Waals surface area contributed by atoms with Crippen molar-refractivity contribution in [2.24, 2.45) is 0 Å². The number of hydrogen-bond donors (Lipinski definition) is 0. The molecule has 0 spiro atoms. The van der Waals surface area contributed by atoms with Gasteiger partial charge in [-0.25, -0.2) is 0 Å².